The smallest absolute Gasteiger partial charge is 0.0961 e. The molecule has 2 aromatic carbocycles. The Hall–Kier alpha value is -2.42. The van der Waals surface area contributed by atoms with Crippen molar-refractivity contribution in [3.63, 3.8) is 0 Å². The van der Waals surface area contributed by atoms with Crippen LogP contribution in [0.25, 0.3) is 0 Å². The van der Waals surface area contributed by atoms with Crippen LogP contribution in [-0.2, 0) is 0 Å². The SMILES string of the molecule is Cc1ccc(N=CN(C)C=Nc2ccc(C)cc2C)c(C)c1. The molecule has 3 heteroatoms. The molecule has 0 atom stereocenters. The first kappa shape index (κ1) is 16.0. The van der Waals surface area contributed by atoms with Gasteiger partial charge in [-0.1, -0.05) is 35.4 Å². The van der Waals surface area contributed by atoms with Gasteiger partial charge in [-0.2, -0.15) is 0 Å². The maximum atomic E-state index is 4.51. The predicted octanol–water partition coefficient (Wildman–Crippen LogP) is 4.87. The van der Waals surface area contributed by atoms with Gasteiger partial charge in [0.1, 0.15) is 0 Å². The Bertz CT molecular complexity index is 653. The van der Waals surface area contributed by atoms with Gasteiger partial charge in [0.2, 0.25) is 0 Å². The van der Waals surface area contributed by atoms with E-state index in [9.17, 15) is 0 Å². The van der Waals surface area contributed by atoms with Crippen molar-refractivity contribution in [3.8, 4) is 0 Å². The fourth-order valence-electron chi connectivity index (χ4n) is 2.24. The first-order valence-corrected chi connectivity index (χ1v) is 7.40. The van der Waals surface area contributed by atoms with E-state index in [1.807, 2.05) is 24.1 Å². The number of rotatable bonds is 4. The number of nitrogens with zero attached hydrogens (tertiary/aromatic N) is 3. The van der Waals surface area contributed by atoms with E-state index in [1.165, 1.54) is 22.3 Å². The maximum absolute atomic E-state index is 4.51. The van der Waals surface area contributed by atoms with Gasteiger partial charge in [0, 0.05) is 7.05 Å². The average molecular weight is 293 g/mol. The summed E-state index contributed by atoms with van der Waals surface area (Å²) in [4.78, 5) is 10.9. The van der Waals surface area contributed by atoms with Crippen molar-refractivity contribution in [3.05, 3.63) is 58.7 Å². The van der Waals surface area contributed by atoms with E-state index in [2.05, 4.69) is 61.9 Å². The summed E-state index contributed by atoms with van der Waals surface area (Å²) >= 11 is 0. The van der Waals surface area contributed by atoms with Gasteiger partial charge < -0.3 is 4.90 Å². The first-order chi connectivity index (χ1) is 10.5. The normalized spacial score (nSPS) is 11.5. The number of aryl methyl sites for hydroxylation is 4. The Kier molecular flexibility index (Phi) is 5.10. The molecule has 0 saturated carbocycles. The largest absolute Gasteiger partial charge is 0.326 e. The molecule has 0 radical (unpaired) electrons. The van der Waals surface area contributed by atoms with Crippen LogP contribution in [0.5, 0.6) is 0 Å². The van der Waals surface area contributed by atoms with Crippen LogP contribution in [0.15, 0.2) is 46.4 Å². The van der Waals surface area contributed by atoms with E-state index in [0.29, 0.717) is 0 Å². The lowest BCUT2D eigenvalue weighted by Crippen LogP contribution is -2.12. The molecule has 0 heterocycles. The minimum Gasteiger partial charge on any atom is -0.326 e. The molecule has 2 rings (SSSR count). The summed E-state index contributed by atoms with van der Waals surface area (Å²) in [6, 6.07) is 12.5. The highest BCUT2D eigenvalue weighted by molar-refractivity contribution is 5.78. The summed E-state index contributed by atoms with van der Waals surface area (Å²) in [5.74, 6) is 0. The molecule has 0 amide bonds. The molecular formula is C19H23N3. The molecule has 0 unspecified atom stereocenters. The summed E-state index contributed by atoms with van der Waals surface area (Å²) in [7, 11) is 1.93. The monoisotopic (exact) mass is 293 g/mol. The molecule has 3 nitrogen and oxygen atoms in total. The average Bonchev–Trinajstić information content (AvgIpc) is 2.45. The standard InChI is InChI=1S/C19H23N3/c1-14-6-8-18(16(3)10-14)20-12-22(5)13-21-19-9-7-15(2)11-17(19)4/h6-13H,1-5H3. The molecule has 2 aromatic rings. The maximum Gasteiger partial charge on any atom is 0.0961 e. The van der Waals surface area contributed by atoms with E-state index in [0.717, 1.165) is 11.4 Å². The van der Waals surface area contributed by atoms with Gasteiger partial charge in [0.25, 0.3) is 0 Å². The van der Waals surface area contributed by atoms with Gasteiger partial charge in [-0.3, -0.25) is 0 Å². The van der Waals surface area contributed by atoms with Crippen LogP contribution in [0.3, 0.4) is 0 Å². The zero-order valence-corrected chi connectivity index (χ0v) is 14.0. The molecule has 0 spiro atoms. The van der Waals surface area contributed by atoms with Crippen molar-refractivity contribution in [2.75, 3.05) is 7.05 Å². The third-order valence-electron chi connectivity index (χ3n) is 3.46. The Labute approximate surface area is 133 Å². The molecule has 22 heavy (non-hydrogen) atoms. The van der Waals surface area contributed by atoms with Crippen LogP contribution in [0.2, 0.25) is 0 Å². The second kappa shape index (κ2) is 7.03. The number of benzene rings is 2. The van der Waals surface area contributed by atoms with Gasteiger partial charge >= 0.3 is 0 Å². The molecule has 0 aliphatic heterocycles. The van der Waals surface area contributed by atoms with Crippen LogP contribution in [0.1, 0.15) is 22.3 Å². The zero-order valence-electron chi connectivity index (χ0n) is 14.0. The molecule has 0 aromatic heterocycles. The predicted molar refractivity (Wildman–Crippen MR) is 95.9 cm³/mol. The fourth-order valence-corrected chi connectivity index (χ4v) is 2.24. The second-order valence-corrected chi connectivity index (χ2v) is 5.73. The van der Waals surface area contributed by atoms with Crippen molar-refractivity contribution in [2.24, 2.45) is 9.98 Å². The summed E-state index contributed by atoms with van der Waals surface area (Å²) in [6.07, 6.45) is 3.56. The van der Waals surface area contributed by atoms with Gasteiger partial charge in [-0.05, 0) is 51.0 Å². The van der Waals surface area contributed by atoms with Gasteiger partial charge in [-0.25, -0.2) is 9.98 Å². The molecule has 114 valence electrons. The Morgan fingerprint density at radius 3 is 1.50 bits per heavy atom. The lowest BCUT2D eigenvalue weighted by atomic mass is 10.1. The van der Waals surface area contributed by atoms with E-state index in [1.54, 1.807) is 12.7 Å². The minimum atomic E-state index is 0.984. The van der Waals surface area contributed by atoms with Crippen molar-refractivity contribution in [1.82, 2.24) is 4.90 Å². The van der Waals surface area contributed by atoms with Crippen LogP contribution in [0, 0.1) is 27.7 Å². The highest BCUT2D eigenvalue weighted by Gasteiger charge is 1.97. The lowest BCUT2D eigenvalue weighted by molar-refractivity contribution is 0.801. The van der Waals surface area contributed by atoms with E-state index in [4.69, 9.17) is 0 Å². The Morgan fingerprint density at radius 2 is 1.14 bits per heavy atom. The second-order valence-electron chi connectivity index (χ2n) is 5.73. The van der Waals surface area contributed by atoms with Crippen molar-refractivity contribution >= 4 is 24.1 Å². The number of aliphatic imine (C=N–C) groups is 2. The molecule has 0 bridgehead atoms. The summed E-state index contributed by atoms with van der Waals surface area (Å²) in [6.45, 7) is 8.32. The van der Waals surface area contributed by atoms with Crippen LogP contribution in [-0.4, -0.2) is 24.6 Å². The van der Waals surface area contributed by atoms with Crippen LogP contribution < -0.4 is 0 Å². The van der Waals surface area contributed by atoms with E-state index >= 15 is 0 Å². The highest BCUT2D eigenvalue weighted by atomic mass is 15.1. The van der Waals surface area contributed by atoms with Gasteiger partial charge in [0.15, 0.2) is 0 Å². The minimum absolute atomic E-state index is 0.984. The zero-order chi connectivity index (χ0) is 16.1. The highest BCUT2D eigenvalue weighted by Crippen LogP contribution is 2.20. The quantitative estimate of drug-likeness (QED) is 0.583. The summed E-state index contributed by atoms with van der Waals surface area (Å²) in [5.41, 5.74) is 6.82. The van der Waals surface area contributed by atoms with Crippen molar-refractivity contribution < 1.29 is 0 Å². The van der Waals surface area contributed by atoms with Crippen LogP contribution in [0.4, 0.5) is 11.4 Å². The molecule has 0 aliphatic rings. The molecule has 0 fully saturated rings. The van der Waals surface area contributed by atoms with Gasteiger partial charge in [0.05, 0.1) is 24.1 Å². The van der Waals surface area contributed by atoms with E-state index in [-0.39, 0.29) is 0 Å². The fraction of sp³-hybridized carbons (Fsp3) is 0.263. The molecule has 0 N–H and O–H groups in total. The molecular weight excluding hydrogens is 270 g/mol. The summed E-state index contributed by atoms with van der Waals surface area (Å²) < 4.78 is 0. The molecule has 0 aliphatic carbocycles. The first-order valence-electron chi connectivity index (χ1n) is 7.40. The number of hydrogen-bond donors (Lipinski definition) is 0. The number of hydrogen-bond acceptors (Lipinski definition) is 2. The van der Waals surface area contributed by atoms with Crippen molar-refractivity contribution in [2.45, 2.75) is 27.7 Å². The molecule has 0 saturated heterocycles. The lowest BCUT2D eigenvalue weighted by Gasteiger charge is -2.07. The van der Waals surface area contributed by atoms with E-state index < -0.39 is 0 Å². The summed E-state index contributed by atoms with van der Waals surface area (Å²) in [5, 5.41) is 0. The third kappa shape index (κ3) is 4.29. The third-order valence-corrected chi connectivity index (χ3v) is 3.46. The Morgan fingerprint density at radius 1 is 0.727 bits per heavy atom. The topological polar surface area (TPSA) is 28.0 Å². The van der Waals surface area contributed by atoms with Gasteiger partial charge in [-0.15, -0.1) is 0 Å². The Balaban J connectivity index is 2.07. The van der Waals surface area contributed by atoms with Crippen molar-refractivity contribution in [1.29, 1.82) is 0 Å². The van der Waals surface area contributed by atoms with Crippen LogP contribution >= 0.6 is 0 Å².